The smallest absolute Gasteiger partial charge is 0.305 e. The number of ketones is 1. The summed E-state index contributed by atoms with van der Waals surface area (Å²) >= 11 is 0. The number of aryl methyl sites for hydroxylation is 1. The van der Waals surface area contributed by atoms with E-state index in [1.807, 2.05) is 19.1 Å². The average molecular weight is 264 g/mol. The van der Waals surface area contributed by atoms with Gasteiger partial charge in [0.25, 0.3) is 0 Å². The molecule has 0 spiro atoms. The zero-order valence-electron chi connectivity index (χ0n) is 11.7. The van der Waals surface area contributed by atoms with E-state index in [-0.39, 0.29) is 18.2 Å². The van der Waals surface area contributed by atoms with Crippen LogP contribution in [0.2, 0.25) is 0 Å². The van der Waals surface area contributed by atoms with Crippen molar-refractivity contribution in [1.29, 1.82) is 0 Å². The van der Waals surface area contributed by atoms with E-state index in [1.165, 1.54) is 0 Å². The van der Waals surface area contributed by atoms with E-state index in [0.29, 0.717) is 30.8 Å². The van der Waals surface area contributed by atoms with Gasteiger partial charge in [0.15, 0.2) is 5.78 Å². The number of ether oxygens (including phenoxy) is 2. The molecule has 0 heterocycles. The van der Waals surface area contributed by atoms with Crippen molar-refractivity contribution in [2.45, 2.75) is 33.1 Å². The van der Waals surface area contributed by atoms with Gasteiger partial charge in [-0.3, -0.25) is 9.59 Å². The molecule has 1 aromatic carbocycles. The summed E-state index contributed by atoms with van der Waals surface area (Å²) in [5.74, 6) is 0.313. The third kappa shape index (κ3) is 4.73. The van der Waals surface area contributed by atoms with Gasteiger partial charge in [-0.15, -0.1) is 0 Å². The first-order valence-corrected chi connectivity index (χ1v) is 6.42. The Balaban J connectivity index is 2.56. The van der Waals surface area contributed by atoms with Gasteiger partial charge in [-0.05, 0) is 38.0 Å². The van der Waals surface area contributed by atoms with Crippen molar-refractivity contribution >= 4 is 11.8 Å². The number of benzene rings is 1. The number of esters is 1. The summed E-state index contributed by atoms with van der Waals surface area (Å²) in [5, 5.41) is 0. The van der Waals surface area contributed by atoms with E-state index in [2.05, 4.69) is 0 Å². The molecule has 0 aliphatic rings. The lowest BCUT2D eigenvalue weighted by Crippen LogP contribution is -2.06. The maximum atomic E-state index is 12.0. The fourth-order valence-corrected chi connectivity index (χ4v) is 1.79. The van der Waals surface area contributed by atoms with Crippen LogP contribution in [0.5, 0.6) is 5.75 Å². The lowest BCUT2D eigenvalue weighted by molar-refractivity contribution is -0.143. The molecule has 104 valence electrons. The van der Waals surface area contributed by atoms with Crippen molar-refractivity contribution in [3.05, 3.63) is 29.3 Å². The summed E-state index contributed by atoms with van der Waals surface area (Å²) in [6, 6.07) is 5.47. The Morgan fingerprint density at radius 1 is 1.21 bits per heavy atom. The lowest BCUT2D eigenvalue weighted by Gasteiger charge is -2.08. The Bertz CT molecular complexity index is 451. The number of carbonyl (C=O) groups is 2. The van der Waals surface area contributed by atoms with Crippen molar-refractivity contribution in [1.82, 2.24) is 0 Å². The molecule has 0 aliphatic heterocycles. The van der Waals surface area contributed by atoms with Gasteiger partial charge in [0.2, 0.25) is 0 Å². The molecule has 0 saturated carbocycles. The maximum absolute atomic E-state index is 12.0. The SMILES string of the molecule is CCOC(=O)CCCC(=O)c1ccc(C)cc1OC. The Morgan fingerprint density at radius 3 is 2.58 bits per heavy atom. The predicted molar refractivity (Wildman–Crippen MR) is 72.5 cm³/mol. The zero-order chi connectivity index (χ0) is 14.3. The van der Waals surface area contributed by atoms with Gasteiger partial charge in [-0.25, -0.2) is 0 Å². The maximum Gasteiger partial charge on any atom is 0.305 e. The van der Waals surface area contributed by atoms with Crippen LogP contribution in [0.4, 0.5) is 0 Å². The molecule has 4 heteroatoms. The fraction of sp³-hybridized carbons (Fsp3) is 0.467. The van der Waals surface area contributed by atoms with Gasteiger partial charge >= 0.3 is 5.97 Å². The van der Waals surface area contributed by atoms with E-state index in [1.54, 1.807) is 20.1 Å². The monoisotopic (exact) mass is 264 g/mol. The first kappa shape index (κ1) is 15.2. The molecule has 0 aromatic heterocycles. The third-order valence-corrected chi connectivity index (χ3v) is 2.75. The normalized spacial score (nSPS) is 10.1. The largest absolute Gasteiger partial charge is 0.496 e. The molecule has 0 fully saturated rings. The molecule has 0 bridgehead atoms. The number of methoxy groups -OCH3 is 1. The predicted octanol–water partition coefficient (Wildman–Crippen LogP) is 2.92. The molecule has 19 heavy (non-hydrogen) atoms. The molecule has 1 aromatic rings. The second kappa shape index (κ2) is 7.56. The highest BCUT2D eigenvalue weighted by molar-refractivity contribution is 5.98. The van der Waals surface area contributed by atoms with Crippen molar-refractivity contribution < 1.29 is 19.1 Å². The topological polar surface area (TPSA) is 52.6 Å². The van der Waals surface area contributed by atoms with Gasteiger partial charge in [0.1, 0.15) is 5.75 Å². The molecular weight excluding hydrogens is 244 g/mol. The zero-order valence-corrected chi connectivity index (χ0v) is 11.7. The Kier molecular flexibility index (Phi) is 6.06. The van der Waals surface area contributed by atoms with Gasteiger partial charge in [-0.1, -0.05) is 6.07 Å². The van der Waals surface area contributed by atoms with Crippen molar-refractivity contribution in [2.24, 2.45) is 0 Å². The van der Waals surface area contributed by atoms with Crippen molar-refractivity contribution in [3.8, 4) is 5.75 Å². The lowest BCUT2D eigenvalue weighted by atomic mass is 10.0. The van der Waals surface area contributed by atoms with Crippen LogP contribution in [0.15, 0.2) is 18.2 Å². The van der Waals surface area contributed by atoms with E-state index in [9.17, 15) is 9.59 Å². The number of rotatable bonds is 7. The summed E-state index contributed by atoms with van der Waals surface area (Å²) in [4.78, 5) is 23.2. The summed E-state index contributed by atoms with van der Waals surface area (Å²) < 4.78 is 10.0. The minimum absolute atomic E-state index is 0.0128. The van der Waals surface area contributed by atoms with Crippen molar-refractivity contribution in [3.63, 3.8) is 0 Å². The van der Waals surface area contributed by atoms with E-state index in [4.69, 9.17) is 9.47 Å². The highest BCUT2D eigenvalue weighted by atomic mass is 16.5. The van der Waals surface area contributed by atoms with Crippen molar-refractivity contribution in [2.75, 3.05) is 13.7 Å². The first-order valence-electron chi connectivity index (χ1n) is 6.42. The third-order valence-electron chi connectivity index (χ3n) is 2.75. The van der Waals surface area contributed by atoms with Crippen LogP contribution in [-0.2, 0) is 9.53 Å². The van der Waals surface area contributed by atoms with Crippen LogP contribution in [0, 0.1) is 6.92 Å². The van der Waals surface area contributed by atoms with Gasteiger partial charge in [0, 0.05) is 12.8 Å². The second-order valence-corrected chi connectivity index (χ2v) is 4.29. The number of carbonyl (C=O) groups excluding carboxylic acids is 2. The van der Waals surface area contributed by atoms with Crippen LogP contribution in [0.25, 0.3) is 0 Å². The molecule has 0 amide bonds. The quantitative estimate of drug-likeness (QED) is 0.561. The van der Waals surface area contributed by atoms with E-state index >= 15 is 0 Å². The van der Waals surface area contributed by atoms with Gasteiger partial charge < -0.3 is 9.47 Å². The highest BCUT2D eigenvalue weighted by Gasteiger charge is 2.13. The average Bonchev–Trinajstić information content (AvgIpc) is 2.38. The van der Waals surface area contributed by atoms with Crippen LogP contribution in [-0.4, -0.2) is 25.5 Å². The number of Topliss-reactive ketones (excluding diaryl/α,β-unsaturated/α-hetero) is 1. The Hall–Kier alpha value is -1.84. The number of hydrogen-bond acceptors (Lipinski definition) is 4. The van der Waals surface area contributed by atoms with Gasteiger partial charge in [0.05, 0.1) is 19.3 Å². The fourth-order valence-electron chi connectivity index (χ4n) is 1.79. The van der Waals surface area contributed by atoms with Crippen LogP contribution in [0.3, 0.4) is 0 Å². The molecular formula is C15H20O4. The molecule has 1 rings (SSSR count). The molecule has 0 unspecified atom stereocenters. The van der Waals surface area contributed by atoms with Gasteiger partial charge in [-0.2, -0.15) is 0 Å². The molecule has 4 nitrogen and oxygen atoms in total. The van der Waals surface area contributed by atoms with E-state index < -0.39 is 0 Å². The minimum Gasteiger partial charge on any atom is -0.496 e. The number of hydrogen-bond donors (Lipinski definition) is 0. The molecule has 0 N–H and O–H groups in total. The standard InChI is InChI=1S/C15H20O4/c1-4-19-15(17)7-5-6-13(16)12-9-8-11(2)10-14(12)18-3/h8-10H,4-7H2,1-3H3. The molecule has 0 radical (unpaired) electrons. The minimum atomic E-state index is -0.258. The van der Waals surface area contributed by atoms with Crippen LogP contribution in [0.1, 0.15) is 42.1 Å². The Morgan fingerprint density at radius 2 is 1.95 bits per heavy atom. The van der Waals surface area contributed by atoms with E-state index in [0.717, 1.165) is 5.56 Å². The second-order valence-electron chi connectivity index (χ2n) is 4.29. The summed E-state index contributed by atoms with van der Waals surface area (Å²) in [5.41, 5.74) is 1.61. The summed E-state index contributed by atoms with van der Waals surface area (Å²) in [7, 11) is 1.55. The first-order chi connectivity index (χ1) is 9.08. The summed E-state index contributed by atoms with van der Waals surface area (Å²) in [6.07, 6.45) is 1.08. The molecule has 0 atom stereocenters. The van der Waals surface area contributed by atoms with Crippen LogP contribution >= 0.6 is 0 Å². The summed E-state index contributed by atoms with van der Waals surface area (Å²) in [6.45, 7) is 4.08. The van der Waals surface area contributed by atoms with Crippen LogP contribution < -0.4 is 4.74 Å². The Labute approximate surface area is 113 Å². The molecule has 0 saturated heterocycles. The molecule has 0 aliphatic carbocycles. The highest BCUT2D eigenvalue weighted by Crippen LogP contribution is 2.22.